The molecule has 3 N–H and O–H groups in total. The highest BCUT2D eigenvalue weighted by molar-refractivity contribution is 5.91. The van der Waals surface area contributed by atoms with Gasteiger partial charge in [0, 0.05) is 19.4 Å². The number of hydrogen-bond acceptors (Lipinski definition) is 6. The van der Waals surface area contributed by atoms with E-state index in [2.05, 4.69) is 0 Å². The Labute approximate surface area is 191 Å². The fraction of sp³-hybridized carbons (Fsp3) is 0.650. The lowest BCUT2D eigenvalue weighted by molar-refractivity contribution is -1.01. The van der Waals surface area contributed by atoms with Crippen LogP contribution in [0.1, 0.15) is 23.2 Å². The Hall–Kier alpha value is -1.45. The zero-order chi connectivity index (χ0) is 20.4. The van der Waals surface area contributed by atoms with E-state index in [1.54, 1.807) is 21.9 Å². The van der Waals surface area contributed by atoms with Crippen LogP contribution in [0.4, 0.5) is 0 Å². The number of carbonyl (C=O) groups excluding carboxylic acids is 1. The second kappa shape index (κ2) is 15.4. The Bertz CT molecular complexity index is 602. The van der Waals surface area contributed by atoms with Gasteiger partial charge in [-0.1, -0.05) is 0 Å². The van der Waals surface area contributed by atoms with Crippen molar-refractivity contribution in [1.29, 1.82) is 0 Å². The second-order valence-electron chi connectivity index (χ2n) is 6.98. The van der Waals surface area contributed by atoms with Gasteiger partial charge in [0.15, 0.2) is 11.5 Å². The number of piperazine rings is 1. The van der Waals surface area contributed by atoms with Gasteiger partial charge in [-0.15, -0.1) is 0 Å². The van der Waals surface area contributed by atoms with E-state index in [-0.39, 0.29) is 31.4 Å². The summed E-state index contributed by atoms with van der Waals surface area (Å²) in [4.78, 5) is 15.5. The molecule has 0 spiro atoms. The maximum absolute atomic E-state index is 12.4. The van der Waals surface area contributed by atoms with Crippen molar-refractivity contribution in [3.63, 3.8) is 0 Å². The average molecular weight is 469 g/mol. The van der Waals surface area contributed by atoms with Crippen molar-refractivity contribution in [2.24, 2.45) is 0 Å². The van der Waals surface area contributed by atoms with Crippen LogP contribution in [0.5, 0.6) is 17.2 Å². The zero-order valence-electron chi connectivity index (χ0n) is 18.0. The Morgan fingerprint density at radius 1 is 0.900 bits per heavy atom. The van der Waals surface area contributed by atoms with Gasteiger partial charge in [-0.05, 0) is 12.1 Å². The number of hydrogen-bond donors (Lipinski definition) is 3. The number of nitrogens with one attached hydrogen (secondary N) is 2. The van der Waals surface area contributed by atoms with E-state index < -0.39 is 5.97 Å². The standard InChI is InChI=1S/C20H32N2O6.2ClH/c1-25-17-14-16(15-18(26-2)19(17)27-3)20(24)28-13-5-7-22-10-8-21(9-11-22)6-4-12-23;;/h14-15,23H,4-13H2,1-3H3;2*1H. The number of benzene rings is 1. The summed E-state index contributed by atoms with van der Waals surface area (Å²) in [5.41, 5.74) is 0.378. The Balaban J connectivity index is 0.00000420. The van der Waals surface area contributed by atoms with Crippen LogP contribution >= 0.6 is 0 Å². The van der Waals surface area contributed by atoms with E-state index >= 15 is 0 Å². The van der Waals surface area contributed by atoms with Crippen LogP contribution in [0.15, 0.2) is 12.1 Å². The molecule has 174 valence electrons. The minimum Gasteiger partial charge on any atom is -1.00 e. The highest BCUT2D eigenvalue weighted by Gasteiger charge is 2.22. The minimum atomic E-state index is -0.396. The summed E-state index contributed by atoms with van der Waals surface area (Å²) >= 11 is 0. The van der Waals surface area contributed by atoms with Crippen molar-refractivity contribution in [2.45, 2.75) is 12.8 Å². The number of aliphatic hydroxyl groups excluding tert-OH is 1. The van der Waals surface area contributed by atoms with Crippen molar-refractivity contribution in [2.75, 3.05) is 73.8 Å². The first kappa shape index (κ1) is 28.5. The molecule has 1 fully saturated rings. The van der Waals surface area contributed by atoms with Crippen LogP contribution in [0.3, 0.4) is 0 Å². The summed E-state index contributed by atoms with van der Waals surface area (Å²) in [6.45, 7) is 7.24. The molecule has 1 saturated heterocycles. The summed E-state index contributed by atoms with van der Waals surface area (Å²) < 4.78 is 21.2. The van der Waals surface area contributed by atoms with Gasteiger partial charge in [0.2, 0.25) is 5.75 Å². The Morgan fingerprint density at radius 2 is 1.40 bits per heavy atom. The molecule has 1 aromatic rings. The van der Waals surface area contributed by atoms with E-state index in [1.165, 1.54) is 21.3 Å². The van der Waals surface area contributed by atoms with Gasteiger partial charge in [0.1, 0.15) is 26.2 Å². The summed E-state index contributed by atoms with van der Waals surface area (Å²) in [6, 6.07) is 3.20. The number of rotatable bonds is 11. The van der Waals surface area contributed by atoms with E-state index in [4.69, 9.17) is 24.1 Å². The van der Waals surface area contributed by atoms with Crippen LogP contribution in [-0.2, 0) is 4.74 Å². The lowest BCUT2D eigenvalue weighted by Gasteiger charge is -2.29. The second-order valence-corrected chi connectivity index (χ2v) is 6.98. The van der Waals surface area contributed by atoms with Gasteiger partial charge in [-0.25, -0.2) is 4.79 Å². The average Bonchev–Trinajstić information content (AvgIpc) is 2.74. The first-order chi connectivity index (χ1) is 13.6. The summed E-state index contributed by atoms with van der Waals surface area (Å²) in [5, 5.41) is 8.92. The van der Waals surface area contributed by atoms with Crippen molar-refractivity contribution >= 4 is 5.97 Å². The molecule has 8 nitrogen and oxygen atoms in total. The quantitative estimate of drug-likeness (QED) is 0.221. The van der Waals surface area contributed by atoms with Gasteiger partial charge in [-0.2, -0.15) is 0 Å². The molecule has 30 heavy (non-hydrogen) atoms. The molecule has 10 heteroatoms. The molecule has 0 atom stereocenters. The van der Waals surface area contributed by atoms with Gasteiger partial charge in [0.25, 0.3) is 0 Å². The molecule has 0 aliphatic carbocycles. The molecular formula is C20H34Cl2N2O6. The minimum absolute atomic E-state index is 0. The molecule has 1 aliphatic heterocycles. The number of aliphatic hydroxyl groups is 1. The predicted octanol–water partition coefficient (Wildman–Crippen LogP) is -7.57. The Kier molecular flexibility index (Phi) is 14.6. The van der Waals surface area contributed by atoms with Crippen LogP contribution in [0.2, 0.25) is 0 Å². The van der Waals surface area contributed by atoms with E-state index in [9.17, 15) is 4.79 Å². The molecule has 0 aromatic heterocycles. The number of ether oxygens (including phenoxy) is 4. The molecule has 1 heterocycles. The summed E-state index contributed by atoms with van der Waals surface area (Å²) in [5.74, 6) is 0.914. The van der Waals surface area contributed by atoms with Gasteiger partial charge in [0.05, 0.1) is 46.6 Å². The molecule has 1 aliphatic rings. The third kappa shape index (κ3) is 8.35. The van der Waals surface area contributed by atoms with Crippen molar-refractivity contribution < 1.29 is 63.5 Å². The van der Waals surface area contributed by atoms with E-state index in [1.807, 2.05) is 0 Å². The fourth-order valence-electron chi connectivity index (χ4n) is 3.56. The van der Waals surface area contributed by atoms with Crippen LogP contribution in [-0.4, -0.2) is 84.9 Å². The predicted molar refractivity (Wildman–Crippen MR) is 104 cm³/mol. The molecular weight excluding hydrogens is 435 g/mol. The highest BCUT2D eigenvalue weighted by atomic mass is 35.5. The highest BCUT2D eigenvalue weighted by Crippen LogP contribution is 2.38. The van der Waals surface area contributed by atoms with Gasteiger partial charge >= 0.3 is 5.97 Å². The lowest BCUT2D eigenvalue weighted by atomic mass is 10.2. The number of halogens is 2. The number of carbonyl (C=O) groups is 1. The zero-order valence-corrected chi connectivity index (χ0v) is 19.5. The van der Waals surface area contributed by atoms with Crippen molar-refractivity contribution in [3.05, 3.63) is 17.7 Å². The summed E-state index contributed by atoms with van der Waals surface area (Å²) in [7, 11) is 4.55. The number of methoxy groups -OCH3 is 3. The molecule has 2 rings (SSSR count). The van der Waals surface area contributed by atoms with Crippen LogP contribution in [0, 0.1) is 0 Å². The van der Waals surface area contributed by atoms with Crippen molar-refractivity contribution in [1.82, 2.24) is 0 Å². The fourth-order valence-corrected chi connectivity index (χ4v) is 3.56. The third-order valence-corrected chi connectivity index (χ3v) is 5.16. The first-order valence-electron chi connectivity index (χ1n) is 9.88. The lowest BCUT2D eigenvalue weighted by Crippen LogP contribution is -3.28. The third-order valence-electron chi connectivity index (χ3n) is 5.16. The Morgan fingerprint density at radius 3 is 1.83 bits per heavy atom. The molecule has 0 amide bonds. The topological polar surface area (TPSA) is 83.1 Å². The number of quaternary nitrogens is 2. The molecule has 1 aromatic carbocycles. The smallest absolute Gasteiger partial charge is 0.338 e. The monoisotopic (exact) mass is 468 g/mol. The van der Waals surface area contributed by atoms with E-state index in [0.717, 1.165) is 52.1 Å². The van der Waals surface area contributed by atoms with Crippen LogP contribution in [0.25, 0.3) is 0 Å². The van der Waals surface area contributed by atoms with Crippen molar-refractivity contribution in [3.8, 4) is 17.2 Å². The van der Waals surface area contributed by atoms with Gasteiger partial charge in [-0.3, -0.25) is 0 Å². The summed E-state index contributed by atoms with van der Waals surface area (Å²) in [6.07, 6.45) is 1.71. The van der Waals surface area contributed by atoms with E-state index in [0.29, 0.717) is 29.4 Å². The molecule has 0 bridgehead atoms. The molecule has 0 saturated carbocycles. The SMILES string of the molecule is COc1cc(C(=O)OCCC[NH+]2CC[NH+](CCCO)CC2)cc(OC)c1OC.[Cl-].[Cl-]. The molecule has 0 radical (unpaired) electrons. The maximum atomic E-state index is 12.4. The maximum Gasteiger partial charge on any atom is 0.338 e. The number of esters is 1. The van der Waals surface area contributed by atoms with Crippen LogP contribution < -0.4 is 48.8 Å². The first-order valence-corrected chi connectivity index (χ1v) is 9.88. The normalized spacial score (nSPS) is 17.9. The largest absolute Gasteiger partial charge is 1.00 e. The molecule has 0 unspecified atom stereocenters. The van der Waals surface area contributed by atoms with Gasteiger partial charge < -0.3 is 58.7 Å².